The second kappa shape index (κ2) is 11.7. The Hall–Kier alpha value is -0.910. The van der Waals surface area contributed by atoms with Crippen molar-refractivity contribution in [1.82, 2.24) is 0 Å². The van der Waals surface area contributed by atoms with Crippen molar-refractivity contribution in [2.75, 3.05) is 46.7 Å². The normalized spacial score (nSPS) is 17.5. The average molecular weight is 405 g/mol. The SMILES string of the molecule is c1ccc2c(c1)NCCSCCNc1ccccc1SCCCCCS2. The summed E-state index contributed by atoms with van der Waals surface area (Å²) in [5, 5.41) is 7.24. The van der Waals surface area contributed by atoms with Gasteiger partial charge in [-0.1, -0.05) is 30.7 Å². The second-order valence-electron chi connectivity index (χ2n) is 6.22. The first-order valence-electron chi connectivity index (χ1n) is 9.42. The maximum atomic E-state index is 3.62. The van der Waals surface area contributed by atoms with Gasteiger partial charge in [0.25, 0.3) is 0 Å². The lowest BCUT2D eigenvalue weighted by Crippen LogP contribution is -2.09. The van der Waals surface area contributed by atoms with E-state index in [1.807, 2.05) is 35.3 Å². The molecular formula is C21H28N2S3. The van der Waals surface area contributed by atoms with Crippen LogP contribution >= 0.6 is 35.3 Å². The minimum absolute atomic E-state index is 1.02. The number of hydrogen-bond acceptors (Lipinski definition) is 5. The van der Waals surface area contributed by atoms with E-state index in [1.54, 1.807) is 0 Å². The maximum absolute atomic E-state index is 3.62. The smallest absolute Gasteiger partial charge is 0.0478 e. The molecule has 2 N–H and O–H groups in total. The number of hydrogen-bond donors (Lipinski definition) is 2. The molecule has 0 amide bonds. The zero-order valence-corrected chi connectivity index (χ0v) is 17.7. The molecule has 0 unspecified atom stereocenters. The molecule has 0 fully saturated rings. The lowest BCUT2D eigenvalue weighted by molar-refractivity contribution is 0.785. The largest absolute Gasteiger partial charge is 0.383 e. The molecule has 1 aliphatic rings. The van der Waals surface area contributed by atoms with E-state index < -0.39 is 0 Å². The summed E-state index contributed by atoms with van der Waals surface area (Å²) < 4.78 is 0. The van der Waals surface area contributed by atoms with E-state index in [2.05, 4.69) is 59.2 Å². The number of nitrogens with one attached hydrogen (secondary N) is 2. The van der Waals surface area contributed by atoms with Crippen LogP contribution in [0.2, 0.25) is 0 Å². The fourth-order valence-electron chi connectivity index (χ4n) is 2.84. The summed E-state index contributed by atoms with van der Waals surface area (Å²) in [7, 11) is 0. The molecule has 1 heterocycles. The highest BCUT2D eigenvalue weighted by molar-refractivity contribution is 7.99. The number of para-hydroxylation sites is 2. The number of fused-ring (bicyclic) bond motifs is 2. The fourth-order valence-corrected chi connectivity index (χ4v) is 5.61. The van der Waals surface area contributed by atoms with Crippen molar-refractivity contribution < 1.29 is 0 Å². The zero-order valence-electron chi connectivity index (χ0n) is 15.2. The van der Waals surface area contributed by atoms with Crippen molar-refractivity contribution in [2.24, 2.45) is 0 Å². The van der Waals surface area contributed by atoms with Gasteiger partial charge in [0, 0.05) is 45.8 Å². The van der Waals surface area contributed by atoms with Crippen LogP contribution in [0.5, 0.6) is 0 Å². The number of anilines is 2. The Morgan fingerprint density at radius 1 is 0.577 bits per heavy atom. The monoisotopic (exact) mass is 404 g/mol. The number of benzene rings is 2. The Kier molecular flexibility index (Phi) is 8.95. The molecular weight excluding hydrogens is 376 g/mol. The summed E-state index contributed by atoms with van der Waals surface area (Å²) >= 11 is 5.99. The molecule has 2 nitrogen and oxygen atoms in total. The second-order valence-corrected chi connectivity index (χ2v) is 9.71. The van der Waals surface area contributed by atoms with Crippen molar-refractivity contribution in [3.05, 3.63) is 48.5 Å². The lowest BCUT2D eigenvalue weighted by atomic mass is 10.3. The lowest BCUT2D eigenvalue weighted by Gasteiger charge is -2.13. The quantitative estimate of drug-likeness (QED) is 0.536. The van der Waals surface area contributed by atoms with Gasteiger partial charge < -0.3 is 10.6 Å². The van der Waals surface area contributed by atoms with E-state index in [0.29, 0.717) is 0 Å². The van der Waals surface area contributed by atoms with E-state index >= 15 is 0 Å². The van der Waals surface area contributed by atoms with E-state index in [4.69, 9.17) is 0 Å². The van der Waals surface area contributed by atoms with Crippen LogP contribution in [0.1, 0.15) is 19.3 Å². The topological polar surface area (TPSA) is 24.1 Å². The molecule has 2 aromatic carbocycles. The zero-order chi connectivity index (χ0) is 17.9. The Morgan fingerprint density at radius 3 is 1.62 bits per heavy atom. The van der Waals surface area contributed by atoms with E-state index in [0.717, 1.165) is 24.6 Å². The van der Waals surface area contributed by atoms with Crippen molar-refractivity contribution in [3.8, 4) is 0 Å². The van der Waals surface area contributed by atoms with Gasteiger partial charge in [-0.25, -0.2) is 0 Å². The number of rotatable bonds is 0. The Labute approximate surface area is 170 Å². The van der Waals surface area contributed by atoms with Gasteiger partial charge in [0.2, 0.25) is 0 Å². The van der Waals surface area contributed by atoms with Gasteiger partial charge in [-0.05, 0) is 48.6 Å². The molecule has 0 aliphatic carbocycles. The third-order valence-corrected chi connectivity index (χ3v) is 7.51. The standard InChI is InChI=1S/C21H28N2S3/c1-6-14-25-20-10-4-2-8-18(20)22-12-16-24-17-13-23-19-9-3-5-11-21(19)26-15-7-1/h2-5,8-11,22-23H,1,6-7,12-17H2. The molecule has 1 aliphatic heterocycles. The molecule has 0 saturated carbocycles. The van der Waals surface area contributed by atoms with Crippen LogP contribution in [0.15, 0.2) is 58.3 Å². The molecule has 5 heteroatoms. The van der Waals surface area contributed by atoms with Gasteiger partial charge in [-0.15, -0.1) is 23.5 Å². The summed E-state index contributed by atoms with van der Waals surface area (Å²) in [6.07, 6.45) is 3.88. The van der Waals surface area contributed by atoms with Crippen molar-refractivity contribution in [1.29, 1.82) is 0 Å². The molecule has 3 rings (SSSR count). The summed E-state index contributed by atoms with van der Waals surface area (Å²) in [4.78, 5) is 2.78. The molecule has 0 saturated heterocycles. The van der Waals surface area contributed by atoms with Crippen LogP contribution in [0, 0.1) is 0 Å². The van der Waals surface area contributed by atoms with Gasteiger partial charge in [-0.3, -0.25) is 0 Å². The predicted octanol–water partition coefficient (Wildman–Crippen LogP) is 6.31. The van der Waals surface area contributed by atoms with Crippen molar-refractivity contribution >= 4 is 46.7 Å². The molecule has 140 valence electrons. The average Bonchev–Trinajstić information content (AvgIpc) is 2.68. The first-order chi connectivity index (χ1) is 12.9. The summed E-state index contributed by atoms with van der Waals surface area (Å²) in [6.45, 7) is 2.04. The maximum Gasteiger partial charge on any atom is 0.0478 e. The van der Waals surface area contributed by atoms with Crippen LogP contribution in [0.3, 0.4) is 0 Å². The minimum Gasteiger partial charge on any atom is -0.383 e. The Bertz CT molecular complexity index is 552. The van der Waals surface area contributed by atoms with Crippen LogP contribution in [0.25, 0.3) is 0 Å². The van der Waals surface area contributed by atoms with Gasteiger partial charge >= 0.3 is 0 Å². The summed E-state index contributed by atoms with van der Waals surface area (Å²) in [5.74, 6) is 4.68. The minimum atomic E-state index is 1.02. The predicted molar refractivity (Wildman–Crippen MR) is 122 cm³/mol. The van der Waals surface area contributed by atoms with Gasteiger partial charge in [0.05, 0.1) is 0 Å². The van der Waals surface area contributed by atoms with Crippen LogP contribution < -0.4 is 10.6 Å². The van der Waals surface area contributed by atoms with E-state index in [1.165, 1.54) is 51.9 Å². The third kappa shape index (κ3) is 6.67. The van der Waals surface area contributed by atoms with Crippen LogP contribution in [-0.2, 0) is 0 Å². The number of thioether (sulfide) groups is 3. The van der Waals surface area contributed by atoms with Gasteiger partial charge in [0.1, 0.15) is 0 Å². The van der Waals surface area contributed by atoms with Gasteiger partial charge in [0.15, 0.2) is 0 Å². The highest BCUT2D eigenvalue weighted by atomic mass is 32.2. The van der Waals surface area contributed by atoms with E-state index in [9.17, 15) is 0 Å². The molecule has 26 heavy (non-hydrogen) atoms. The Morgan fingerprint density at radius 2 is 1.08 bits per heavy atom. The first kappa shape index (κ1) is 19.8. The highest BCUT2D eigenvalue weighted by Gasteiger charge is 2.04. The molecule has 0 atom stereocenters. The molecule has 0 bridgehead atoms. The van der Waals surface area contributed by atoms with Crippen molar-refractivity contribution in [3.63, 3.8) is 0 Å². The fraction of sp³-hybridized carbons (Fsp3) is 0.429. The van der Waals surface area contributed by atoms with Crippen molar-refractivity contribution in [2.45, 2.75) is 29.1 Å². The molecule has 0 radical (unpaired) electrons. The molecule has 0 aromatic heterocycles. The van der Waals surface area contributed by atoms with E-state index in [-0.39, 0.29) is 0 Å². The summed E-state index contributed by atoms with van der Waals surface area (Å²) in [5.41, 5.74) is 2.59. The third-order valence-electron chi connectivity index (χ3n) is 4.20. The first-order valence-corrected chi connectivity index (χ1v) is 12.6. The van der Waals surface area contributed by atoms with Gasteiger partial charge in [-0.2, -0.15) is 11.8 Å². The Balaban J connectivity index is 1.56. The molecule has 2 aromatic rings. The van der Waals surface area contributed by atoms with Crippen LogP contribution in [-0.4, -0.2) is 36.1 Å². The highest BCUT2D eigenvalue weighted by Crippen LogP contribution is 2.30. The summed E-state index contributed by atoms with van der Waals surface area (Å²) in [6, 6.07) is 17.5. The molecule has 0 spiro atoms. The van der Waals surface area contributed by atoms with Crippen LogP contribution in [0.4, 0.5) is 11.4 Å².